The van der Waals surface area contributed by atoms with Crippen molar-refractivity contribution in [2.24, 2.45) is 0 Å². The molecule has 0 aliphatic rings. The first-order chi connectivity index (χ1) is 9.47. The van der Waals surface area contributed by atoms with E-state index in [4.69, 9.17) is 0 Å². The molecule has 106 valence electrons. The number of halogens is 1. The first kappa shape index (κ1) is 15.3. The smallest absolute Gasteiger partial charge is 0.254 e. The number of rotatable bonds is 4. The van der Waals surface area contributed by atoms with Crippen molar-refractivity contribution in [1.82, 2.24) is 4.90 Å². The topological polar surface area (TPSA) is 23.6 Å². The van der Waals surface area contributed by atoms with Crippen LogP contribution in [-0.4, -0.2) is 32.0 Å². The number of thiophene rings is 1. The third-order valence-electron chi connectivity index (χ3n) is 3.03. The molecule has 0 fully saturated rings. The molecule has 1 amide bonds. The van der Waals surface area contributed by atoms with Crippen LogP contribution in [0.25, 0.3) is 0 Å². The summed E-state index contributed by atoms with van der Waals surface area (Å²) in [6, 6.07) is 10.2. The molecule has 5 heteroatoms. The summed E-state index contributed by atoms with van der Waals surface area (Å²) < 4.78 is 1.13. The summed E-state index contributed by atoms with van der Waals surface area (Å²) in [5, 5.41) is 1.91. The summed E-state index contributed by atoms with van der Waals surface area (Å²) in [6.45, 7) is 0.624. The highest BCUT2D eigenvalue weighted by atomic mass is 127. The van der Waals surface area contributed by atoms with Crippen molar-refractivity contribution in [3.63, 3.8) is 0 Å². The fraction of sp³-hybridized carbons (Fsp3) is 0.267. The molecule has 0 unspecified atom stereocenters. The molecular formula is C15H17IN2OS. The van der Waals surface area contributed by atoms with Gasteiger partial charge >= 0.3 is 0 Å². The summed E-state index contributed by atoms with van der Waals surface area (Å²) in [4.78, 5) is 16.1. The highest BCUT2D eigenvalue weighted by Crippen LogP contribution is 2.19. The normalized spacial score (nSPS) is 10.4. The molecule has 0 bridgehead atoms. The molecule has 0 atom stereocenters. The van der Waals surface area contributed by atoms with Gasteiger partial charge < -0.3 is 9.80 Å². The van der Waals surface area contributed by atoms with Gasteiger partial charge in [-0.05, 0) is 46.4 Å². The molecule has 20 heavy (non-hydrogen) atoms. The lowest BCUT2D eigenvalue weighted by molar-refractivity contribution is 0.0785. The fourth-order valence-electron chi connectivity index (χ4n) is 1.89. The zero-order valence-electron chi connectivity index (χ0n) is 11.8. The van der Waals surface area contributed by atoms with E-state index in [1.54, 1.807) is 16.2 Å². The molecule has 1 aromatic heterocycles. The molecule has 0 N–H and O–H groups in total. The molecule has 2 rings (SSSR count). The van der Waals surface area contributed by atoms with Crippen LogP contribution in [0, 0.1) is 2.88 Å². The molecule has 1 aromatic carbocycles. The average Bonchev–Trinajstić information content (AvgIpc) is 2.85. The molecule has 0 saturated carbocycles. The van der Waals surface area contributed by atoms with Crippen LogP contribution in [0.5, 0.6) is 0 Å². The minimum atomic E-state index is 0.0702. The van der Waals surface area contributed by atoms with E-state index in [0.717, 1.165) is 19.7 Å². The minimum Gasteiger partial charge on any atom is -0.378 e. The third kappa shape index (κ3) is 3.73. The van der Waals surface area contributed by atoms with E-state index in [2.05, 4.69) is 51.8 Å². The van der Waals surface area contributed by atoms with Crippen LogP contribution in [-0.2, 0) is 6.54 Å². The van der Waals surface area contributed by atoms with Crippen molar-refractivity contribution in [3.05, 3.63) is 49.7 Å². The van der Waals surface area contributed by atoms with Crippen LogP contribution in [0.1, 0.15) is 15.9 Å². The van der Waals surface area contributed by atoms with Crippen LogP contribution < -0.4 is 4.90 Å². The van der Waals surface area contributed by atoms with Crippen LogP contribution in [0.4, 0.5) is 5.69 Å². The molecule has 1 heterocycles. The molecule has 2 aromatic rings. The van der Waals surface area contributed by atoms with Gasteiger partial charge in [0.05, 0.1) is 8.45 Å². The lowest BCUT2D eigenvalue weighted by atomic mass is 10.2. The zero-order valence-corrected chi connectivity index (χ0v) is 14.7. The predicted molar refractivity (Wildman–Crippen MR) is 93.6 cm³/mol. The summed E-state index contributed by atoms with van der Waals surface area (Å²) in [5.74, 6) is 0.0702. The zero-order chi connectivity index (χ0) is 14.7. The Morgan fingerprint density at radius 2 is 1.85 bits per heavy atom. The second-order valence-electron chi connectivity index (χ2n) is 4.86. The Bertz CT molecular complexity index is 592. The van der Waals surface area contributed by atoms with Gasteiger partial charge in [0.2, 0.25) is 0 Å². The Kier molecular flexibility index (Phi) is 5.04. The van der Waals surface area contributed by atoms with Crippen molar-refractivity contribution in [2.45, 2.75) is 6.54 Å². The van der Waals surface area contributed by atoms with E-state index in [1.807, 2.05) is 32.6 Å². The number of nitrogens with zero attached hydrogens (tertiary/aromatic N) is 2. The Morgan fingerprint density at radius 1 is 1.20 bits per heavy atom. The second kappa shape index (κ2) is 6.58. The SMILES string of the molecule is CN(Cc1ccc(N(C)C)cc1)C(=O)c1csc(I)c1. The minimum absolute atomic E-state index is 0.0702. The van der Waals surface area contributed by atoms with Crippen molar-refractivity contribution in [1.29, 1.82) is 0 Å². The molecular weight excluding hydrogens is 383 g/mol. The van der Waals surface area contributed by atoms with E-state index in [-0.39, 0.29) is 5.91 Å². The lowest BCUT2D eigenvalue weighted by Gasteiger charge is -2.18. The van der Waals surface area contributed by atoms with Crippen molar-refractivity contribution >= 4 is 45.5 Å². The van der Waals surface area contributed by atoms with E-state index in [1.165, 1.54) is 0 Å². The fourth-order valence-corrected chi connectivity index (χ4v) is 3.21. The highest BCUT2D eigenvalue weighted by molar-refractivity contribution is 14.1. The first-order valence-corrected chi connectivity index (χ1v) is 8.19. The molecule has 0 radical (unpaired) electrons. The Morgan fingerprint density at radius 3 is 2.35 bits per heavy atom. The quantitative estimate of drug-likeness (QED) is 0.731. The number of hydrogen-bond donors (Lipinski definition) is 0. The van der Waals surface area contributed by atoms with E-state index >= 15 is 0 Å². The highest BCUT2D eigenvalue weighted by Gasteiger charge is 2.13. The summed E-state index contributed by atoms with van der Waals surface area (Å²) >= 11 is 3.83. The maximum atomic E-state index is 12.3. The average molecular weight is 400 g/mol. The summed E-state index contributed by atoms with van der Waals surface area (Å²) in [7, 11) is 5.87. The van der Waals surface area contributed by atoms with Gasteiger partial charge in [-0.1, -0.05) is 12.1 Å². The van der Waals surface area contributed by atoms with Gasteiger partial charge in [0.25, 0.3) is 5.91 Å². The Balaban J connectivity index is 2.03. The Labute approximate surface area is 137 Å². The first-order valence-electron chi connectivity index (χ1n) is 6.23. The van der Waals surface area contributed by atoms with E-state index in [9.17, 15) is 4.79 Å². The molecule has 0 aliphatic heterocycles. The molecule has 3 nitrogen and oxygen atoms in total. The summed E-state index contributed by atoms with van der Waals surface area (Å²) in [5.41, 5.74) is 3.07. The lowest BCUT2D eigenvalue weighted by Crippen LogP contribution is -2.25. The maximum absolute atomic E-state index is 12.3. The molecule has 0 spiro atoms. The van der Waals surface area contributed by atoms with Crippen LogP contribution in [0.3, 0.4) is 0 Å². The number of benzene rings is 1. The van der Waals surface area contributed by atoms with E-state index < -0.39 is 0 Å². The monoisotopic (exact) mass is 400 g/mol. The van der Waals surface area contributed by atoms with Gasteiger partial charge in [-0.15, -0.1) is 11.3 Å². The van der Waals surface area contributed by atoms with Crippen molar-refractivity contribution < 1.29 is 4.79 Å². The second-order valence-corrected chi connectivity index (χ2v) is 7.67. The maximum Gasteiger partial charge on any atom is 0.254 e. The number of hydrogen-bond acceptors (Lipinski definition) is 3. The standard InChI is InChI=1S/C15H17IN2OS/c1-17(2)13-6-4-11(5-7-13)9-18(3)15(19)12-8-14(16)20-10-12/h4-8,10H,9H2,1-3H3. The van der Waals surface area contributed by atoms with Gasteiger partial charge in [-0.25, -0.2) is 0 Å². The van der Waals surface area contributed by atoms with Gasteiger partial charge in [0.1, 0.15) is 0 Å². The van der Waals surface area contributed by atoms with Gasteiger partial charge in [-0.3, -0.25) is 4.79 Å². The van der Waals surface area contributed by atoms with Gasteiger partial charge in [-0.2, -0.15) is 0 Å². The van der Waals surface area contributed by atoms with Gasteiger partial charge in [0, 0.05) is 38.8 Å². The largest absolute Gasteiger partial charge is 0.378 e. The number of anilines is 1. The van der Waals surface area contributed by atoms with Gasteiger partial charge in [0.15, 0.2) is 0 Å². The molecule has 0 saturated heterocycles. The van der Waals surface area contributed by atoms with E-state index in [0.29, 0.717) is 6.54 Å². The van der Waals surface area contributed by atoms with Crippen molar-refractivity contribution in [3.8, 4) is 0 Å². The Hall–Kier alpha value is -1.08. The number of carbonyl (C=O) groups excluding carboxylic acids is 1. The third-order valence-corrected chi connectivity index (χ3v) is 4.82. The van der Waals surface area contributed by atoms with Crippen LogP contribution in [0.15, 0.2) is 35.7 Å². The number of amides is 1. The predicted octanol–water partition coefficient (Wildman–Crippen LogP) is 3.69. The van der Waals surface area contributed by atoms with Crippen LogP contribution in [0.2, 0.25) is 0 Å². The van der Waals surface area contributed by atoms with Crippen molar-refractivity contribution in [2.75, 3.05) is 26.0 Å². The van der Waals surface area contributed by atoms with Crippen LogP contribution >= 0.6 is 33.9 Å². The number of carbonyl (C=O) groups is 1. The molecule has 0 aliphatic carbocycles. The summed E-state index contributed by atoms with van der Waals surface area (Å²) in [6.07, 6.45) is 0.